The van der Waals surface area contributed by atoms with E-state index >= 15 is 0 Å². The van der Waals surface area contributed by atoms with E-state index in [0.717, 1.165) is 30.1 Å². The van der Waals surface area contributed by atoms with Crippen molar-refractivity contribution >= 4 is 5.65 Å². The summed E-state index contributed by atoms with van der Waals surface area (Å²) in [5.41, 5.74) is 4.70. The quantitative estimate of drug-likeness (QED) is 0.575. The summed E-state index contributed by atoms with van der Waals surface area (Å²) in [6.45, 7) is 4.07. The standard InChI is InChI=1S/C21H21N5O3/c1-13-8-18(24-29-13)17-10-20-22-19-12-25(7-6-16(19)21(27)26(20)23-17)11-14-4-3-5-15(9-14)28-2/h3-5,8-10,23H,6-7,11-12H2,1-2H3. The van der Waals surface area contributed by atoms with Crippen LogP contribution in [0.4, 0.5) is 0 Å². The molecule has 0 atom stereocenters. The summed E-state index contributed by atoms with van der Waals surface area (Å²) in [5, 5.41) is 7.11. The predicted molar refractivity (Wildman–Crippen MR) is 107 cm³/mol. The van der Waals surface area contributed by atoms with Gasteiger partial charge in [0.1, 0.15) is 17.2 Å². The zero-order valence-corrected chi connectivity index (χ0v) is 16.3. The van der Waals surface area contributed by atoms with Crippen LogP contribution >= 0.6 is 0 Å². The fourth-order valence-corrected chi connectivity index (χ4v) is 3.84. The van der Waals surface area contributed by atoms with Crippen molar-refractivity contribution in [3.05, 3.63) is 69.3 Å². The summed E-state index contributed by atoms with van der Waals surface area (Å²) in [6, 6.07) is 11.7. The Hall–Kier alpha value is -3.39. The molecule has 0 saturated carbocycles. The van der Waals surface area contributed by atoms with Crippen LogP contribution in [-0.4, -0.2) is 38.3 Å². The van der Waals surface area contributed by atoms with Crippen molar-refractivity contribution in [2.75, 3.05) is 13.7 Å². The molecule has 4 aromatic rings. The first-order valence-corrected chi connectivity index (χ1v) is 9.53. The normalized spacial score (nSPS) is 14.3. The van der Waals surface area contributed by atoms with Crippen LogP contribution in [0, 0.1) is 6.92 Å². The molecule has 0 bridgehead atoms. The number of methoxy groups -OCH3 is 1. The van der Waals surface area contributed by atoms with E-state index in [2.05, 4.69) is 21.2 Å². The third-order valence-electron chi connectivity index (χ3n) is 5.29. The molecule has 0 saturated heterocycles. The van der Waals surface area contributed by atoms with Gasteiger partial charge >= 0.3 is 0 Å². The van der Waals surface area contributed by atoms with Crippen LogP contribution in [0.2, 0.25) is 0 Å². The number of aromatic nitrogens is 4. The topological polar surface area (TPSA) is 88.7 Å². The molecule has 0 amide bonds. The third kappa shape index (κ3) is 3.21. The summed E-state index contributed by atoms with van der Waals surface area (Å²) < 4.78 is 11.9. The second-order valence-electron chi connectivity index (χ2n) is 7.34. The van der Waals surface area contributed by atoms with Gasteiger partial charge in [-0.1, -0.05) is 17.3 Å². The molecule has 0 aliphatic carbocycles. The molecule has 1 aliphatic rings. The number of nitrogens with zero attached hydrogens (tertiary/aromatic N) is 4. The molecule has 8 nitrogen and oxygen atoms in total. The summed E-state index contributed by atoms with van der Waals surface area (Å²) >= 11 is 0. The molecule has 29 heavy (non-hydrogen) atoms. The zero-order chi connectivity index (χ0) is 20.0. The lowest BCUT2D eigenvalue weighted by Gasteiger charge is -2.27. The van der Waals surface area contributed by atoms with Gasteiger partial charge in [-0.15, -0.1) is 0 Å². The van der Waals surface area contributed by atoms with Crippen LogP contribution in [-0.2, 0) is 19.5 Å². The van der Waals surface area contributed by atoms with Crippen LogP contribution in [0.1, 0.15) is 22.6 Å². The highest BCUT2D eigenvalue weighted by Gasteiger charge is 2.23. The molecule has 1 aliphatic heterocycles. The van der Waals surface area contributed by atoms with E-state index in [0.29, 0.717) is 35.8 Å². The second kappa shape index (κ2) is 6.89. The monoisotopic (exact) mass is 391 g/mol. The minimum atomic E-state index is -0.0440. The Morgan fingerprint density at radius 2 is 2.17 bits per heavy atom. The number of nitrogens with one attached hydrogen (secondary N) is 1. The summed E-state index contributed by atoms with van der Waals surface area (Å²) in [5.74, 6) is 1.56. The van der Waals surface area contributed by atoms with Crippen LogP contribution < -0.4 is 10.3 Å². The average molecular weight is 391 g/mol. The number of H-pyrrole nitrogens is 1. The van der Waals surface area contributed by atoms with Gasteiger partial charge in [-0.2, -0.15) is 0 Å². The van der Waals surface area contributed by atoms with Crippen molar-refractivity contribution in [3.63, 3.8) is 0 Å². The molecule has 1 aromatic carbocycles. The number of ether oxygens (including phenoxy) is 1. The minimum Gasteiger partial charge on any atom is -0.497 e. The van der Waals surface area contributed by atoms with E-state index in [1.807, 2.05) is 37.3 Å². The minimum absolute atomic E-state index is 0.0440. The van der Waals surface area contributed by atoms with Crippen molar-refractivity contribution in [1.29, 1.82) is 0 Å². The maximum atomic E-state index is 13.0. The smallest absolute Gasteiger partial charge is 0.276 e. The Morgan fingerprint density at radius 3 is 2.97 bits per heavy atom. The number of fused-ring (bicyclic) bond motifs is 2. The van der Waals surface area contributed by atoms with Gasteiger partial charge in [-0.05, 0) is 31.0 Å². The zero-order valence-electron chi connectivity index (χ0n) is 16.3. The van der Waals surface area contributed by atoms with Crippen LogP contribution in [0.5, 0.6) is 5.75 Å². The third-order valence-corrected chi connectivity index (χ3v) is 5.29. The lowest BCUT2D eigenvalue weighted by molar-refractivity contribution is 0.240. The number of aromatic amines is 1. The number of hydrogen-bond donors (Lipinski definition) is 1. The molecule has 1 N–H and O–H groups in total. The van der Waals surface area contributed by atoms with E-state index in [1.165, 1.54) is 10.1 Å². The van der Waals surface area contributed by atoms with E-state index < -0.39 is 0 Å². The van der Waals surface area contributed by atoms with Crippen molar-refractivity contribution in [3.8, 4) is 17.1 Å². The Bertz CT molecular complexity index is 1250. The van der Waals surface area contributed by atoms with Gasteiger partial charge < -0.3 is 9.26 Å². The molecular weight excluding hydrogens is 370 g/mol. The largest absolute Gasteiger partial charge is 0.497 e. The highest BCUT2D eigenvalue weighted by atomic mass is 16.5. The molecule has 0 fully saturated rings. The molecule has 4 heterocycles. The number of benzene rings is 1. The molecule has 3 aromatic heterocycles. The van der Waals surface area contributed by atoms with Gasteiger partial charge in [0.15, 0.2) is 5.65 Å². The van der Waals surface area contributed by atoms with Gasteiger partial charge in [0, 0.05) is 37.3 Å². The Morgan fingerprint density at radius 1 is 1.28 bits per heavy atom. The van der Waals surface area contributed by atoms with Gasteiger partial charge in [0.05, 0.1) is 18.5 Å². The summed E-state index contributed by atoms with van der Waals surface area (Å²) in [7, 11) is 1.67. The Labute approximate surface area is 166 Å². The summed E-state index contributed by atoms with van der Waals surface area (Å²) in [6.07, 6.45) is 0.672. The van der Waals surface area contributed by atoms with Crippen molar-refractivity contribution in [2.24, 2.45) is 0 Å². The number of hydrogen-bond acceptors (Lipinski definition) is 6. The van der Waals surface area contributed by atoms with Crippen molar-refractivity contribution in [1.82, 2.24) is 24.7 Å². The van der Waals surface area contributed by atoms with Gasteiger partial charge in [0.2, 0.25) is 0 Å². The average Bonchev–Trinajstić information content (AvgIpc) is 3.34. The molecule has 0 radical (unpaired) electrons. The predicted octanol–water partition coefficient (Wildman–Crippen LogP) is 2.55. The van der Waals surface area contributed by atoms with E-state index in [9.17, 15) is 4.79 Å². The molecule has 5 rings (SSSR count). The van der Waals surface area contributed by atoms with E-state index in [-0.39, 0.29) is 5.56 Å². The second-order valence-corrected chi connectivity index (χ2v) is 7.34. The molecule has 148 valence electrons. The summed E-state index contributed by atoms with van der Waals surface area (Å²) in [4.78, 5) is 20.0. The van der Waals surface area contributed by atoms with Crippen molar-refractivity contribution in [2.45, 2.75) is 26.4 Å². The first-order valence-electron chi connectivity index (χ1n) is 9.53. The van der Waals surface area contributed by atoms with Gasteiger partial charge in [-0.3, -0.25) is 14.8 Å². The van der Waals surface area contributed by atoms with Crippen LogP contribution in [0.25, 0.3) is 17.0 Å². The Balaban J connectivity index is 1.45. The van der Waals surface area contributed by atoms with E-state index in [4.69, 9.17) is 14.2 Å². The highest BCUT2D eigenvalue weighted by Crippen LogP contribution is 2.22. The Kier molecular flexibility index (Phi) is 4.21. The first kappa shape index (κ1) is 17.7. The molecule has 8 heteroatoms. The van der Waals surface area contributed by atoms with Crippen LogP contribution in [0.3, 0.4) is 0 Å². The molecule has 0 unspecified atom stereocenters. The van der Waals surface area contributed by atoms with E-state index in [1.54, 1.807) is 7.11 Å². The highest BCUT2D eigenvalue weighted by molar-refractivity contribution is 5.60. The lowest BCUT2D eigenvalue weighted by atomic mass is 10.1. The van der Waals surface area contributed by atoms with Crippen LogP contribution in [0.15, 0.2) is 45.7 Å². The fourth-order valence-electron chi connectivity index (χ4n) is 3.84. The maximum Gasteiger partial charge on any atom is 0.276 e. The van der Waals surface area contributed by atoms with Gasteiger partial charge in [-0.25, -0.2) is 9.50 Å². The first-order chi connectivity index (χ1) is 14.1. The molecular formula is C21H21N5O3. The lowest BCUT2D eigenvalue weighted by Crippen LogP contribution is -2.35. The SMILES string of the molecule is COc1cccc(CN2CCc3c(nc4cc(-c5cc(C)on5)[nH]n4c3=O)C2)c1. The fraction of sp³-hybridized carbons (Fsp3) is 0.286. The van der Waals surface area contributed by atoms with Gasteiger partial charge in [0.25, 0.3) is 5.56 Å². The number of rotatable bonds is 4. The maximum absolute atomic E-state index is 13.0. The molecule has 0 spiro atoms. The van der Waals surface area contributed by atoms with Crippen molar-refractivity contribution < 1.29 is 9.26 Å². The number of aryl methyl sites for hydroxylation is 1.